The molecule has 3 fully saturated rings. The Labute approximate surface area is 311 Å². The number of hydrogen-bond acceptors (Lipinski definition) is 9. The molecule has 1 aromatic rings. The maximum atomic E-state index is 14.4. The van der Waals surface area contributed by atoms with Crippen LogP contribution in [-0.4, -0.2) is 126 Å². The van der Waals surface area contributed by atoms with Gasteiger partial charge in [0, 0.05) is 33.5 Å². The van der Waals surface area contributed by atoms with E-state index in [-0.39, 0.29) is 24.8 Å². The molecule has 15 nitrogen and oxygen atoms in total. The van der Waals surface area contributed by atoms with Crippen LogP contribution < -0.4 is 20.7 Å². The number of benzene rings is 1. The molecule has 0 bridgehead atoms. The number of methoxy groups -OCH3 is 1. The van der Waals surface area contributed by atoms with Crippen LogP contribution in [0.5, 0.6) is 5.75 Å². The molecular weight excluding hydrogens is 684 g/mol. The molecular formula is C38H56N6O9. The first-order valence-corrected chi connectivity index (χ1v) is 18.7. The molecule has 0 aromatic heterocycles. The predicted octanol–water partition coefficient (Wildman–Crippen LogP) is 1.17. The van der Waals surface area contributed by atoms with Crippen LogP contribution >= 0.6 is 0 Å². The normalized spacial score (nSPS) is 28.6. The van der Waals surface area contributed by atoms with E-state index >= 15 is 0 Å². The van der Waals surface area contributed by atoms with E-state index < -0.39 is 83.8 Å². The highest BCUT2D eigenvalue weighted by molar-refractivity contribution is 5.98. The molecule has 292 valence electrons. The fourth-order valence-electron chi connectivity index (χ4n) is 7.34. The van der Waals surface area contributed by atoms with Crippen LogP contribution in [-0.2, 0) is 44.7 Å². The summed E-state index contributed by atoms with van der Waals surface area (Å²) in [6.07, 6.45) is 1.26. The van der Waals surface area contributed by atoms with Gasteiger partial charge >= 0.3 is 5.97 Å². The van der Waals surface area contributed by atoms with Gasteiger partial charge in [0.1, 0.15) is 48.1 Å². The van der Waals surface area contributed by atoms with E-state index in [0.717, 1.165) is 5.56 Å². The fraction of sp³-hybridized carbons (Fsp3) is 0.658. The minimum atomic E-state index is -1.38. The Bertz CT molecular complexity index is 1530. The van der Waals surface area contributed by atoms with Crippen molar-refractivity contribution < 1.29 is 43.0 Å². The number of esters is 1. The zero-order valence-electron chi connectivity index (χ0n) is 32.2. The molecule has 3 heterocycles. The molecule has 1 unspecified atom stereocenters. The summed E-state index contributed by atoms with van der Waals surface area (Å²) in [6, 6.07) is 0.623. The molecule has 6 amide bonds. The molecule has 1 aromatic carbocycles. The predicted molar refractivity (Wildman–Crippen MR) is 194 cm³/mol. The van der Waals surface area contributed by atoms with E-state index in [1.807, 2.05) is 13.8 Å². The largest absolute Gasteiger partial charge is 0.497 e. The number of hydrogen-bond donors (Lipinski definition) is 3. The lowest BCUT2D eigenvalue weighted by atomic mass is 9.96. The Morgan fingerprint density at radius 1 is 0.887 bits per heavy atom. The van der Waals surface area contributed by atoms with Crippen LogP contribution in [0.3, 0.4) is 0 Å². The van der Waals surface area contributed by atoms with Gasteiger partial charge in [0.2, 0.25) is 35.4 Å². The van der Waals surface area contributed by atoms with E-state index in [1.54, 1.807) is 45.2 Å². The summed E-state index contributed by atoms with van der Waals surface area (Å²) in [4.78, 5) is 101. The first-order valence-electron chi connectivity index (χ1n) is 18.7. The smallest absolute Gasteiger partial charge is 0.329 e. The molecule has 53 heavy (non-hydrogen) atoms. The first kappa shape index (κ1) is 41.1. The molecule has 0 radical (unpaired) electrons. The lowest BCUT2D eigenvalue weighted by Gasteiger charge is -2.36. The quantitative estimate of drug-likeness (QED) is 0.346. The third-order valence-electron chi connectivity index (χ3n) is 10.8. The van der Waals surface area contributed by atoms with Crippen molar-refractivity contribution in [3.63, 3.8) is 0 Å². The first-order chi connectivity index (χ1) is 25.1. The van der Waals surface area contributed by atoms with Crippen molar-refractivity contribution in [1.29, 1.82) is 0 Å². The highest BCUT2D eigenvalue weighted by atomic mass is 16.5. The van der Waals surface area contributed by atoms with E-state index in [9.17, 15) is 33.6 Å². The Morgan fingerprint density at radius 2 is 1.45 bits per heavy atom. The second-order valence-corrected chi connectivity index (χ2v) is 14.8. The highest BCUT2D eigenvalue weighted by Gasteiger charge is 2.46. The number of carbonyl (C=O) groups is 7. The second kappa shape index (κ2) is 17.9. The third-order valence-corrected chi connectivity index (χ3v) is 10.8. The molecule has 3 aliphatic heterocycles. The number of likely N-dealkylation sites (N-methyl/N-ethyl adjacent to an activating group) is 1. The van der Waals surface area contributed by atoms with Crippen LogP contribution in [0.25, 0.3) is 0 Å². The van der Waals surface area contributed by atoms with Crippen LogP contribution in [0.15, 0.2) is 24.3 Å². The van der Waals surface area contributed by atoms with Gasteiger partial charge in [0.15, 0.2) is 0 Å². The number of amides is 6. The number of fused-ring (bicyclic) bond motifs is 2. The molecule has 3 N–H and O–H groups in total. The molecule has 3 saturated heterocycles. The number of carbonyl (C=O) groups excluding carboxylic acids is 7. The van der Waals surface area contributed by atoms with E-state index in [0.29, 0.717) is 44.4 Å². The lowest BCUT2D eigenvalue weighted by Crippen LogP contribution is -2.61. The van der Waals surface area contributed by atoms with E-state index in [2.05, 4.69) is 16.0 Å². The third kappa shape index (κ3) is 9.46. The highest BCUT2D eigenvalue weighted by Crippen LogP contribution is 2.28. The summed E-state index contributed by atoms with van der Waals surface area (Å²) in [5.41, 5.74) is 0.723. The van der Waals surface area contributed by atoms with Gasteiger partial charge in [-0.05, 0) is 62.1 Å². The summed E-state index contributed by atoms with van der Waals surface area (Å²) in [5, 5.41) is 8.14. The number of rotatable bonds is 7. The number of cyclic esters (lactones) is 1. The minimum absolute atomic E-state index is 0.0850. The van der Waals surface area contributed by atoms with Crippen molar-refractivity contribution in [3.05, 3.63) is 29.8 Å². The van der Waals surface area contributed by atoms with Crippen molar-refractivity contribution in [3.8, 4) is 5.75 Å². The summed E-state index contributed by atoms with van der Waals surface area (Å²) >= 11 is 0. The van der Waals surface area contributed by atoms with Gasteiger partial charge in [0.25, 0.3) is 0 Å². The van der Waals surface area contributed by atoms with Crippen LogP contribution in [0.4, 0.5) is 0 Å². The summed E-state index contributed by atoms with van der Waals surface area (Å²) in [6.45, 7) is 10.4. The van der Waals surface area contributed by atoms with Gasteiger partial charge in [-0.2, -0.15) is 0 Å². The Kier molecular flexibility index (Phi) is 13.9. The monoisotopic (exact) mass is 740 g/mol. The fourth-order valence-corrected chi connectivity index (χ4v) is 7.34. The SMILES string of the molecule is CC[C@H](C)[C@H]1NC(=O)[C@@H](NC(C)=O)[C@@H](C)OC(=O)C(C(C)C)NC(=O)[C@H](Cc2ccc(OC)cc2)N(C)C(=O)[C@@H]2CCCN2C(=O)[C@@H]2CCCN2C1=O. The van der Waals surface area contributed by atoms with Gasteiger partial charge in [-0.3, -0.25) is 28.8 Å². The summed E-state index contributed by atoms with van der Waals surface area (Å²) in [5.74, 6) is -4.22. The molecule has 15 heteroatoms. The number of nitrogens with one attached hydrogen (secondary N) is 3. The van der Waals surface area contributed by atoms with E-state index in [4.69, 9.17) is 9.47 Å². The van der Waals surface area contributed by atoms with Crippen molar-refractivity contribution in [1.82, 2.24) is 30.7 Å². The Morgan fingerprint density at radius 3 is 2.00 bits per heavy atom. The van der Waals surface area contributed by atoms with Gasteiger partial charge in [-0.25, -0.2) is 4.79 Å². The molecule has 0 saturated carbocycles. The molecule has 4 rings (SSSR count). The Hall–Kier alpha value is -4.69. The molecule has 3 aliphatic rings. The minimum Gasteiger partial charge on any atom is -0.497 e. The van der Waals surface area contributed by atoms with Crippen molar-refractivity contribution in [2.75, 3.05) is 27.2 Å². The molecule has 0 spiro atoms. The van der Waals surface area contributed by atoms with E-state index in [1.165, 1.54) is 35.6 Å². The van der Waals surface area contributed by atoms with Gasteiger partial charge in [0.05, 0.1) is 7.11 Å². The second-order valence-electron chi connectivity index (χ2n) is 14.8. The Balaban J connectivity index is 1.80. The van der Waals surface area contributed by atoms with Crippen LogP contribution in [0, 0.1) is 11.8 Å². The zero-order chi connectivity index (χ0) is 39.1. The van der Waals surface area contributed by atoms with Crippen molar-refractivity contribution in [2.45, 2.75) is 122 Å². The van der Waals surface area contributed by atoms with Crippen molar-refractivity contribution in [2.24, 2.45) is 11.8 Å². The average molecular weight is 741 g/mol. The van der Waals surface area contributed by atoms with Gasteiger partial charge in [-0.1, -0.05) is 46.2 Å². The summed E-state index contributed by atoms with van der Waals surface area (Å²) in [7, 11) is 3.06. The average Bonchev–Trinajstić information content (AvgIpc) is 3.83. The number of ether oxygens (including phenoxy) is 2. The molecule has 8 atom stereocenters. The van der Waals surface area contributed by atoms with Crippen LogP contribution in [0.2, 0.25) is 0 Å². The number of nitrogens with zero attached hydrogens (tertiary/aromatic N) is 3. The van der Waals surface area contributed by atoms with Crippen LogP contribution in [0.1, 0.15) is 79.2 Å². The van der Waals surface area contributed by atoms with Crippen molar-refractivity contribution >= 4 is 41.4 Å². The standard InChI is InChI=1S/C38H56N6O9/c1-9-22(4)31-37(50)44-19-11-13-28(44)36(49)43-18-10-12-27(43)35(48)42(7)29(20-25-14-16-26(52-8)17-15-25)33(46)40-30(21(2)3)38(51)53-23(5)32(34(47)41-31)39-24(6)45/h14-17,21-23,27-32H,9-13,18-20H2,1-8H3,(H,39,45)(H,40,46)(H,41,47)/t22-,23+,27-,28-,29-,30?,31+,32-/m0/s1. The summed E-state index contributed by atoms with van der Waals surface area (Å²) < 4.78 is 11.1. The topological polar surface area (TPSA) is 184 Å². The van der Waals surface area contributed by atoms with Gasteiger partial charge in [-0.15, -0.1) is 0 Å². The van der Waals surface area contributed by atoms with Gasteiger partial charge < -0.3 is 40.1 Å². The maximum absolute atomic E-state index is 14.4. The molecule has 0 aliphatic carbocycles. The maximum Gasteiger partial charge on any atom is 0.329 e. The zero-order valence-corrected chi connectivity index (χ0v) is 32.2. The lowest BCUT2D eigenvalue weighted by molar-refractivity contribution is -0.157.